The molecular weight excluding hydrogens is 218 g/mol. The number of halogens is 2. The van der Waals surface area contributed by atoms with Gasteiger partial charge in [-0.3, -0.25) is 0 Å². The molecule has 0 saturated carbocycles. The molecule has 0 saturated heterocycles. The van der Waals surface area contributed by atoms with E-state index in [9.17, 15) is 8.78 Å². The summed E-state index contributed by atoms with van der Waals surface area (Å²) in [6, 6.07) is 2.71. The van der Waals surface area contributed by atoms with E-state index >= 15 is 0 Å². The fraction of sp³-hybridized carbons (Fsp3) is 0.600. The summed E-state index contributed by atoms with van der Waals surface area (Å²) in [7, 11) is 0. The van der Waals surface area contributed by atoms with Crippen molar-refractivity contribution in [2.75, 3.05) is 0 Å². The van der Waals surface area contributed by atoms with Gasteiger partial charge in [-0.2, -0.15) is 0 Å². The van der Waals surface area contributed by atoms with Crippen LogP contribution in [-0.2, 0) is 10.8 Å². The van der Waals surface area contributed by atoms with Gasteiger partial charge in [0.05, 0.1) is 0 Å². The molecule has 0 aliphatic rings. The summed E-state index contributed by atoms with van der Waals surface area (Å²) < 4.78 is 28.1. The Kier molecular flexibility index (Phi) is 3.66. The van der Waals surface area contributed by atoms with E-state index in [0.29, 0.717) is 11.1 Å². The molecule has 0 spiro atoms. The third-order valence-electron chi connectivity index (χ3n) is 3.48. The van der Waals surface area contributed by atoms with E-state index in [0.717, 1.165) is 6.42 Å². The summed E-state index contributed by atoms with van der Waals surface area (Å²) in [6.07, 6.45) is 0.776. The summed E-state index contributed by atoms with van der Waals surface area (Å²) in [4.78, 5) is 0. The van der Waals surface area contributed by atoms with Gasteiger partial charge in [-0.1, -0.05) is 41.5 Å². The monoisotopic (exact) mass is 240 g/mol. The van der Waals surface area contributed by atoms with Gasteiger partial charge in [0.25, 0.3) is 0 Å². The van der Waals surface area contributed by atoms with Gasteiger partial charge in [0.2, 0.25) is 0 Å². The van der Waals surface area contributed by atoms with E-state index in [1.54, 1.807) is 0 Å². The zero-order valence-electron chi connectivity index (χ0n) is 11.6. The highest BCUT2D eigenvalue weighted by Gasteiger charge is 2.27. The maximum atomic E-state index is 14.1. The minimum atomic E-state index is -0.375. The third-order valence-corrected chi connectivity index (χ3v) is 3.48. The van der Waals surface area contributed by atoms with E-state index < -0.39 is 0 Å². The molecule has 0 radical (unpaired) electrons. The maximum absolute atomic E-state index is 14.1. The van der Waals surface area contributed by atoms with Gasteiger partial charge in [0.15, 0.2) is 0 Å². The summed E-state index contributed by atoms with van der Waals surface area (Å²) >= 11 is 0. The molecule has 0 heterocycles. The standard InChI is InChI=1S/C15H22F2/c1-7-15(5,6)11-9-12(16)10(8-13(11)17)14(2,3)4/h8-9H,7H2,1-6H3. The normalized spacial score (nSPS) is 12.9. The first kappa shape index (κ1) is 14.1. The smallest absolute Gasteiger partial charge is 0.127 e. The van der Waals surface area contributed by atoms with Crippen LogP contribution in [0.5, 0.6) is 0 Å². The molecule has 0 aromatic heterocycles. The molecule has 0 aliphatic carbocycles. The van der Waals surface area contributed by atoms with Crippen LogP contribution in [0.4, 0.5) is 8.78 Å². The Morgan fingerprint density at radius 1 is 0.882 bits per heavy atom. The van der Waals surface area contributed by atoms with Crippen LogP contribution in [-0.4, -0.2) is 0 Å². The predicted octanol–water partition coefficient (Wildman–Crippen LogP) is 4.95. The van der Waals surface area contributed by atoms with Gasteiger partial charge >= 0.3 is 0 Å². The van der Waals surface area contributed by atoms with Gasteiger partial charge in [-0.05, 0) is 40.5 Å². The van der Waals surface area contributed by atoms with Crippen molar-refractivity contribution in [2.24, 2.45) is 0 Å². The molecule has 1 aromatic carbocycles. The average molecular weight is 240 g/mol. The van der Waals surface area contributed by atoms with Gasteiger partial charge in [-0.15, -0.1) is 0 Å². The molecule has 96 valence electrons. The molecule has 0 atom stereocenters. The molecule has 0 amide bonds. The molecule has 0 fully saturated rings. The van der Waals surface area contributed by atoms with Gasteiger partial charge in [-0.25, -0.2) is 8.78 Å². The summed E-state index contributed by atoms with van der Waals surface area (Å²) in [5, 5.41) is 0. The summed E-state index contributed by atoms with van der Waals surface area (Å²) in [5.74, 6) is -0.612. The minimum Gasteiger partial charge on any atom is -0.207 e. The highest BCUT2D eigenvalue weighted by atomic mass is 19.1. The summed E-state index contributed by atoms with van der Waals surface area (Å²) in [5.41, 5.74) is 0.192. The van der Waals surface area contributed by atoms with Crippen molar-refractivity contribution in [1.82, 2.24) is 0 Å². The Labute approximate surface area is 103 Å². The van der Waals surface area contributed by atoms with Gasteiger partial charge in [0.1, 0.15) is 11.6 Å². The van der Waals surface area contributed by atoms with Gasteiger partial charge in [0, 0.05) is 0 Å². The second kappa shape index (κ2) is 4.40. The van der Waals surface area contributed by atoms with Crippen molar-refractivity contribution in [1.29, 1.82) is 0 Å². The third kappa shape index (κ3) is 2.85. The van der Waals surface area contributed by atoms with Crippen LogP contribution < -0.4 is 0 Å². The quantitative estimate of drug-likeness (QED) is 0.686. The fourth-order valence-corrected chi connectivity index (χ4v) is 1.83. The Morgan fingerprint density at radius 3 is 1.71 bits per heavy atom. The maximum Gasteiger partial charge on any atom is 0.127 e. The van der Waals surface area contributed by atoms with Crippen molar-refractivity contribution in [3.05, 3.63) is 34.9 Å². The Bertz CT molecular complexity index is 412. The van der Waals surface area contributed by atoms with Crippen molar-refractivity contribution < 1.29 is 8.78 Å². The molecule has 0 N–H and O–H groups in total. The molecule has 2 heteroatoms. The van der Waals surface area contributed by atoms with E-state index in [1.165, 1.54) is 12.1 Å². The van der Waals surface area contributed by atoms with E-state index in [1.807, 2.05) is 41.5 Å². The number of hydrogen-bond acceptors (Lipinski definition) is 0. The second-order valence-electron chi connectivity index (χ2n) is 6.30. The predicted molar refractivity (Wildman–Crippen MR) is 68.4 cm³/mol. The second-order valence-corrected chi connectivity index (χ2v) is 6.30. The molecule has 0 bridgehead atoms. The van der Waals surface area contributed by atoms with Crippen molar-refractivity contribution in [3.63, 3.8) is 0 Å². The molecule has 0 nitrogen and oxygen atoms in total. The molecule has 0 unspecified atom stereocenters. The van der Waals surface area contributed by atoms with Crippen molar-refractivity contribution in [3.8, 4) is 0 Å². The lowest BCUT2D eigenvalue weighted by Gasteiger charge is -2.27. The first-order valence-corrected chi connectivity index (χ1v) is 6.09. The van der Waals surface area contributed by atoms with Crippen LogP contribution in [0.15, 0.2) is 12.1 Å². The number of benzene rings is 1. The Balaban J connectivity index is 3.38. The van der Waals surface area contributed by atoms with E-state index in [4.69, 9.17) is 0 Å². The van der Waals surface area contributed by atoms with Crippen molar-refractivity contribution in [2.45, 2.75) is 58.8 Å². The van der Waals surface area contributed by atoms with Crippen LogP contribution in [0.2, 0.25) is 0 Å². The van der Waals surface area contributed by atoms with Crippen LogP contribution >= 0.6 is 0 Å². The SMILES string of the molecule is CCC(C)(C)c1cc(F)c(C(C)(C)C)cc1F. The van der Waals surface area contributed by atoms with Crippen LogP contribution in [0.1, 0.15) is 59.1 Å². The Hall–Kier alpha value is -0.920. The first-order valence-electron chi connectivity index (χ1n) is 6.09. The highest BCUT2D eigenvalue weighted by molar-refractivity contribution is 5.34. The average Bonchev–Trinajstić information content (AvgIpc) is 2.19. The number of hydrogen-bond donors (Lipinski definition) is 0. The Morgan fingerprint density at radius 2 is 1.29 bits per heavy atom. The largest absolute Gasteiger partial charge is 0.207 e. The first-order chi connectivity index (χ1) is 7.59. The van der Waals surface area contributed by atoms with Crippen molar-refractivity contribution >= 4 is 0 Å². The molecular formula is C15H22F2. The molecule has 0 aliphatic heterocycles. The summed E-state index contributed by atoms with van der Waals surface area (Å²) in [6.45, 7) is 11.5. The molecule has 17 heavy (non-hydrogen) atoms. The topological polar surface area (TPSA) is 0 Å². The molecule has 1 rings (SSSR count). The van der Waals surface area contributed by atoms with Crippen LogP contribution in [0.25, 0.3) is 0 Å². The lowest BCUT2D eigenvalue weighted by Crippen LogP contribution is -2.21. The minimum absolute atomic E-state index is 0.303. The zero-order valence-corrected chi connectivity index (χ0v) is 11.6. The molecule has 1 aromatic rings. The zero-order chi connectivity index (χ0) is 13.4. The van der Waals surface area contributed by atoms with Crippen LogP contribution in [0, 0.1) is 11.6 Å². The lowest BCUT2D eigenvalue weighted by atomic mass is 9.79. The fourth-order valence-electron chi connectivity index (χ4n) is 1.83. The number of rotatable bonds is 2. The van der Waals surface area contributed by atoms with E-state index in [2.05, 4.69) is 0 Å². The highest BCUT2D eigenvalue weighted by Crippen LogP contribution is 2.33. The van der Waals surface area contributed by atoms with Crippen LogP contribution in [0.3, 0.4) is 0 Å². The lowest BCUT2D eigenvalue weighted by molar-refractivity contribution is 0.451. The van der Waals surface area contributed by atoms with E-state index in [-0.39, 0.29) is 22.5 Å². The van der Waals surface area contributed by atoms with Gasteiger partial charge < -0.3 is 0 Å².